The number of hydrogen-bond donors (Lipinski definition) is 1. The molecule has 1 aliphatic heterocycles. The van der Waals surface area contributed by atoms with Gasteiger partial charge in [0.1, 0.15) is 5.52 Å². The van der Waals surface area contributed by atoms with E-state index in [1.165, 1.54) is 0 Å². The molecule has 2 amide bonds. The summed E-state index contributed by atoms with van der Waals surface area (Å²) in [5, 5.41) is 3.43. The van der Waals surface area contributed by atoms with E-state index in [9.17, 15) is 9.59 Å². The molecule has 4 rings (SSSR count). The first-order valence-corrected chi connectivity index (χ1v) is 9.43. The van der Waals surface area contributed by atoms with E-state index in [2.05, 4.69) is 5.32 Å². The second kappa shape index (κ2) is 6.22. The van der Waals surface area contributed by atoms with Crippen molar-refractivity contribution >= 4 is 57.7 Å². The first-order valence-electron chi connectivity index (χ1n) is 8.68. The molecule has 6 nitrogen and oxygen atoms in total. The molecule has 0 unspecified atom stereocenters. The number of benzene rings is 2. The number of aryl methyl sites for hydroxylation is 1. The number of nitrogens with one attached hydrogen (secondary N) is 1. The summed E-state index contributed by atoms with van der Waals surface area (Å²) in [6.07, 6.45) is 0. The van der Waals surface area contributed by atoms with Crippen LogP contribution in [0.15, 0.2) is 30.3 Å². The summed E-state index contributed by atoms with van der Waals surface area (Å²) in [6.45, 7) is 3.58. The van der Waals surface area contributed by atoms with Gasteiger partial charge in [0.25, 0.3) is 5.91 Å². The van der Waals surface area contributed by atoms with Crippen LogP contribution in [-0.2, 0) is 17.3 Å². The van der Waals surface area contributed by atoms with Gasteiger partial charge in [-0.2, -0.15) is 0 Å². The standard InChI is InChI=1S/C20H18Cl2N4O2/c1-20(2)10-8-9-13-15(14(10)17(27)24-18(20)28)23-19(25(13)3)26(4)16-11(21)6-5-7-12(16)22/h5-9H,1-4H3,(H,24,27,28). The molecule has 0 aliphatic carbocycles. The lowest BCUT2D eigenvalue weighted by Gasteiger charge is -2.30. The van der Waals surface area contributed by atoms with Crippen LogP contribution in [0.1, 0.15) is 29.8 Å². The maximum atomic E-state index is 12.6. The Morgan fingerprint density at radius 3 is 2.39 bits per heavy atom. The van der Waals surface area contributed by atoms with E-state index in [1.807, 2.05) is 30.8 Å². The number of carbonyl (C=O) groups is 2. The van der Waals surface area contributed by atoms with Crippen LogP contribution >= 0.6 is 23.2 Å². The van der Waals surface area contributed by atoms with Crippen molar-refractivity contribution in [1.82, 2.24) is 14.9 Å². The molecule has 0 saturated carbocycles. The van der Waals surface area contributed by atoms with Crippen molar-refractivity contribution in [2.45, 2.75) is 19.3 Å². The highest BCUT2D eigenvalue weighted by Crippen LogP contribution is 2.39. The Balaban J connectivity index is 1.97. The van der Waals surface area contributed by atoms with Gasteiger partial charge < -0.3 is 9.47 Å². The van der Waals surface area contributed by atoms with Gasteiger partial charge in [-0.15, -0.1) is 0 Å². The highest BCUT2D eigenvalue weighted by molar-refractivity contribution is 6.39. The number of aromatic nitrogens is 2. The number of rotatable bonds is 2. The van der Waals surface area contributed by atoms with Gasteiger partial charge in [0, 0.05) is 14.1 Å². The zero-order chi connectivity index (χ0) is 20.4. The maximum Gasteiger partial charge on any atom is 0.260 e. The number of amides is 2. The van der Waals surface area contributed by atoms with Gasteiger partial charge in [-0.1, -0.05) is 35.3 Å². The van der Waals surface area contributed by atoms with Crippen molar-refractivity contribution in [2.24, 2.45) is 7.05 Å². The third-order valence-corrected chi connectivity index (χ3v) is 5.91. The van der Waals surface area contributed by atoms with Crippen LogP contribution in [0, 0.1) is 0 Å². The smallest absolute Gasteiger partial charge is 0.260 e. The van der Waals surface area contributed by atoms with Gasteiger partial charge in [-0.3, -0.25) is 14.9 Å². The Morgan fingerprint density at radius 2 is 1.75 bits per heavy atom. The van der Waals surface area contributed by atoms with Gasteiger partial charge in [-0.25, -0.2) is 4.98 Å². The molecule has 0 radical (unpaired) electrons. The van der Waals surface area contributed by atoms with Crippen molar-refractivity contribution in [3.63, 3.8) is 0 Å². The lowest BCUT2D eigenvalue weighted by atomic mass is 9.78. The third-order valence-electron chi connectivity index (χ3n) is 5.30. The van der Waals surface area contributed by atoms with Crippen molar-refractivity contribution in [3.05, 3.63) is 51.5 Å². The Hall–Kier alpha value is -2.57. The molecule has 3 aromatic rings. The van der Waals surface area contributed by atoms with Crippen molar-refractivity contribution in [2.75, 3.05) is 11.9 Å². The molecule has 0 saturated heterocycles. The Kier molecular flexibility index (Phi) is 4.17. The van der Waals surface area contributed by atoms with E-state index < -0.39 is 11.3 Å². The normalized spacial score (nSPS) is 15.5. The van der Waals surface area contributed by atoms with E-state index in [4.69, 9.17) is 28.2 Å². The molecule has 1 aliphatic rings. The number of fused-ring (bicyclic) bond motifs is 3. The minimum atomic E-state index is -0.826. The first-order chi connectivity index (χ1) is 13.1. The van der Waals surface area contributed by atoms with E-state index >= 15 is 0 Å². The highest BCUT2D eigenvalue weighted by Gasteiger charge is 2.41. The van der Waals surface area contributed by atoms with Gasteiger partial charge in [-0.05, 0) is 37.6 Å². The predicted molar refractivity (Wildman–Crippen MR) is 111 cm³/mol. The minimum Gasteiger partial charge on any atom is -0.313 e. The molecule has 28 heavy (non-hydrogen) atoms. The highest BCUT2D eigenvalue weighted by atomic mass is 35.5. The van der Waals surface area contributed by atoms with Crippen molar-refractivity contribution in [1.29, 1.82) is 0 Å². The Morgan fingerprint density at radius 1 is 1.11 bits per heavy atom. The van der Waals surface area contributed by atoms with Gasteiger partial charge in [0.15, 0.2) is 0 Å². The Bertz CT molecular complexity index is 1150. The fourth-order valence-electron chi connectivity index (χ4n) is 3.65. The second-order valence-corrected chi connectivity index (χ2v) is 8.18. The number of imidazole rings is 1. The Labute approximate surface area is 172 Å². The molecule has 144 valence electrons. The summed E-state index contributed by atoms with van der Waals surface area (Å²) in [4.78, 5) is 31.4. The zero-order valence-electron chi connectivity index (χ0n) is 15.8. The van der Waals surface area contributed by atoms with Crippen LogP contribution in [0.4, 0.5) is 11.6 Å². The van der Waals surface area contributed by atoms with E-state index in [1.54, 1.807) is 36.9 Å². The van der Waals surface area contributed by atoms with Crippen LogP contribution in [0.3, 0.4) is 0 Å². The van der Waals surface area contributed by atoms with Crippen LogP contribution in [0.5, 0.6) is 0 Å². The summed E-state index contributed by atoms with van der Waals surface area (Å²) in [7, 11) is 3.67. The van der Waals surface area contributed by atoms with Crippen LogP contribution in [0.25, 0.3) is 11.0 Å². The average Bonchev–Trinajstić information content (AvgIpc) is 2.96. The third kappa shape index (κ3) is 2.52. The molecule has 8 heteroatoms. The lowest BCUT2D eigenvalue weighted by Crippen LogP contribution is -2.48. The number of halogens is 2. The summed E-state index contributed by atoms with van der Waals surface area (Å²) in [5.74, 6) is -0.186. The first kappa shape index (κ1) is 18.8. The van der Waals surface area contributed by atoms with Crippen LogP contribution < -0.4 is 10.2 Å². The summed E-state index contributed by atoms with van der Waals surface area (Å²) < 4.78 is 1.87. The monoisotopic (exact) mass is 416 g/mol. The molecule has 0 fully saturated rings. The molecule has 0 spiro atoms. The van der Waals surface area contributed by atoms with Crippen LogP contribution in [-0.4, -0.2) is 28.4 Å². The summed E-state index contributed by atoms with van der Waals surface area (Å²) >= 11 is 12.7. The summed E-state index contributed by atoms with van der Waals surface area (Å²) in [6, 6.07) is 8.98. The molecule has 1 N–H and O–H groups in total. The predicted octanol–water partition coefficient (Wildman–Crippen LogP) is 4.20. The average molecular weight is 417 g/mol. The summed E-state index contributed by atoms with van der Waals surface area (Å²) in [5.41, 5.74) is 2.18. The molecule has 0 atom stereocenters. The van der Waals surface area contributed by atoms with E-state index in [-0.39, 0.29) is 5.91 Å². The van der Waals surface area contributed by atoms with Gasteiger partial charge in [0.05, 0.1) is 32.2 Å². The molecular weight excluding hydrogens is 399 g/mol. The quantitative estimate of drug-likeness (QED) is 0.635. The molecule has 0 bridgehead atoms. The SMILES string of the molecule is CN(c1c(Cl)cccc1Cl)c1nc2c3c(ccc2n1C)C(C)(C)C(=O)NC3=O. The van der Waals surface area contributed by atoms with E-state index in [0.29, 0.717) is 38.3 Å². The number of anilines is 2. The fourth-order valence-corrected chi connectivity index (χ4v) is 4.30. The second-order valence-electron chi connectivity index (χ2n) is 7.36. The minimum absolute atomic E-state index is 0.319. The number of para-hydroxylation sites is 1. The van der Waals surface area contributed by atoms with Gasteiger partial charge >= 0.3 is 0 Å². The number of nitrogens with zero attached hydrogens (tertiary/aromatic N) is 3. The van der Waals surface area contributed by atoms with Gasteiger partial charge in [0.2, 0.25) is 11.9 Å². The van der Waals surface area contributed by atoms with Crippen molar-refractivity contribution in [3.8, 4) is 0 Å². The topological polar surface area (TPSA) is 67.2 Å². The lowest BCUT2D eigenvalue weighted by molar-refractivity contribution is -0.125. The van der Waals surface area contributed by atoms with Crippen LogP contribution in [0.2, 0.25) is 10.0 Å². The number of hydrogen-bond acceptors (Lipinski definition) is 4. The number of imide groups is 1. The molecule has 1 aromatic heterocycles. The molecular formula is C20H18Cl2N4O2. The zero-order valence-corrected chi connectivity index (χ0v) is 17.3. The largest absolute Gasteiger partial charge is 0.313 e. The van der Waals surface area contributed by atoms with Crippen molar-refractivity contribution < 1.29 is 9.59 Å². The molecule has 2 heterocycles. The molecule has 2 aromatic carbocycles. The number of carbonyl (C=O) groups excluding carboxylic acids is 2. The fraction of sp³-hybridized carbons (Fsp3) is 0.250. The van der Waals surface area contributed by atoms with E-state index in [0.717, 1.165) is 5.52 Å². The maximum absolute atomic E-state index is 12.6.